The van der Waals surface area contributed by atoms with Gasteiger partial charge in [0.15, 0.2) is 0 Å². The maximum absolute atomic E-state index is 12.1. The molecule has 0 radical (unpaired) electrons. The number of allylic oxidation sites excluding steroid dienone is 1. The lowest BCUT2D eigenvalue weighted by molar-refractivity contribution is -0.116. The number of H-pyrrole nitrogens is 1. The number of halogens is 1. The van der Waals surface area contributed by atoms with Crippen molar-refractivity contribution >= 4 is 28.9 Å². The summed E-state index contributed by atoms with van der Waals surface area (Å²) < 4.78 is 0. The summed E-state index contributed by atoms with van der Waals surface area (Å²) in [6, 6.07) is 4.96. The quantitative estimate of drug-likeness (QED) is 0.439. The molecule has 1 amide bonds. The molecule has 0 saturated carbocycles. The minimum Gasteiger partial charge on any atom is -0.399 e. The molecule has 0 aliphatic carbocycles. The maximum Gasteiger partial charge on any atom is 0.224 e. The van der Waals surface area contributed by atoms with Crippen molar-refractivity contribution < 1.29 is 4.79 Å². The van der Waals surface area contributed by atoms with Gasteiger partial charge >= 0.3 is 0 Å². The summed E-state index contributed by atoms with van der Waals surface area (Å²) >= 11 is 6.28. The minimum atomic E-state index is -0.279. The second kappa shape index (κ2) is 6.44. The van der Waals surface area contributed by atoms with Crippen molar-refractivity contribution in [3.63, 3.8) is 0 Å². The smallest absolute Gasteiger partial charge is 0.224 e. The monoisotopic (exact) mass is 331 g/mol. The first kappa shape index (κ1) is 15.6. The average Bonchev–Trinajstić information content (AvgIpc) is 2.88. The molecule has 2 aromatic rings. The molecular formula is C16H18ClN5O. The molecule has 6 nitrogen and oxygen atoms in total. The Balaban J connectivity index is 2.12. The Kier molecular flexibility index (Phi) is 4.36. The summed E-state index contributed by atoms with van der Waals surface area (Å²) in [5, 5.41) is 3.27. The molecule has 23 heavy (non-hydrogen) atoms. The highest BCUT2D eigenvalue weighted by atomic mass is 35.5. The molecule has 1 aliphatic rings. The molecule has 2 bridgehead atoms. The number of carbonyl (C=O) groups is 1. The molecule has 6 N–H and O–H groups in total. The highest BCUT2D eigenvalue weighted by Crippen LogP contribution is 2.34. The normalized spacial score (nSPS) is 19.7. The van der Waals surface area contributed by atoms with Gasteiger partial charge in [0.05, 0.1) is 11.7 Å². The predicted molar refractivity (Wildman–Crippen MR) is 92.0 cm³/mol. The van der Waals surface area contributed by atoms with Gasteiger partial charge in [0.2, 0.25) is 5.91 Å². The van der Waals surface area contributed by atoms with Gasteiger partial charge < -0.3 is 21.8 Å². The van der Waals surface area contributed by atoms with Gasteiger partial charge in [-0.05, 0) is 31.0 Å². The predicted octanol–water partition coefficient (Wildman–Crippen LogP) is 2.99. The Hall–Kier alpha value is -2.31. The van der Waals surface area contributed by atoms with Gasteiger partial charge in [0.25, 0.3) is 0 Å². The fraction of sp³-hybridized carbons (Fsp3) is 0.250. The second-order valence-electron chi connectivity index (χ2n) is 5.49. The van der Waals surface area contributed by atoms with E-state index in [1.165, 1.54) is 0 Å². The van der Waals surface area contributed by atoms with Crippen LogP contribution in [0.3, 0.4) is 0 Å². The molecule has 0 spiro atoms. The number of fused-ring (bicyclic) bond motifs is 4. The van der Waals surface area contributed by atoms with Gasteiger partial charge in [-0.2, -0.15) is 0 Å². The topological polar surface area (TPSA) is 110 Å². The van der Waals surface area contributed by atoms with Crippen LogP contribution in [-0.2, 0) is 4.79 Å². The Labute approximate surface area is 138 Å². The number of rotatable bonds is 0. The van der Waals surface area contributed by atoms with Gasteiger partial charge in [-0.15, -0.1) is 0 Å². The van der Waals surface area contributed by atoms with E-state index in [0.29, 0.717) is 52.9 Å². The molecule has 1 aromatic carbocycles. The Morgan fingerprint density at radius 1 is 1.30 bits per heavy atom. The number of amides is 1. The number of aromatic amines is 1. The number of imidazole rings is 1. The van der Waals surface area contributed by atoms with E-state index < -0.39 is 0 Å². The summed E-state index contributed by atoms with van der Waals surface area (Å²) in [4.78, 5) is 19.6. The van der Waals surface area contributed by atoms with E-state index in [2.05, 4.69) is 15.3 Å². The number of nitrogens with two attached hydrogens (primary N) is 2. The molecule has 1 aliphatic heterocycles. The molecule has 0 unspecified atom stereocenters. The van der Waals surface area contributed by atoms with Crippen molar-refractivity contribution in [3.8, 4) is 11.3 Å². The molecule has 2 heterocycles. The first-order valence-electron chi connectivity index (χ1n) is 7.40. The van der Waals surface area contributed by atoms with E-state index in [1.54, 1.807) is 18.2 Å². The van der Waals surface area contributed by atoms with E-state index in [9.17, 15) is 4.79 Å². The first-order valence-corrected chi connectivity index (χ1v) is 7.78. The number of nitrogens with zero attached hydrogens (tertiary/aromatic N) is 1. The summed E-state index contributed by atoms with van der Waals surface area (Å²) in [6.07, 6.45) is 5.57. The van der Waals surface area contributed by atoms with Crippen LogP contribution in [0.2, 0.25) is 5.15 Å². The van der Waals surface area contributed by atoms with E-state index in [4.69, 9.17) is 23.1 Å². The zero-order chi connectivity index (χ0) is 16.4. The number of aromatic nitrogens is 2. The van der Waals surface area contributed by atoms with E-state index >= 15 is 0 Å². The molecule has 3 rings (SSSR count). The molecule has 7 heteroatoms. The third-order valence-electron chi connectivity index (χ3n) is 3.70. The molecule has 120 valence electrons. The standard InChI is InChI=1S/C16H18ClN5O/c17-15-14-10-7-6-9(18)8-12(10)20-13(23)5-3-1-2-4-11(19)16(21-14)22-15/h1-2,6-8,11H,3-5,18-19H2,(H,20,23)(H,21,22)/b2-1+/t11-/m0/s1. The molecular weight excluding hydrogens is 314 g/mol. The minimum absolute atomic E-state index is 0.0862. The lowest BCUT2D eigenvalue weighted by atomic mass is 10.1. The Bertz CT molecular complexity index is 768. The third-order valence-corrected chi connectivity index (χ3v) is 3.97. The summed E-state index contributed by atoms with van der Waals surface area (Å²) in [5.74, 6) is 0.528. The number of benzene rings is 1. The van der Waals surface area contributed by atoms with Crippen molar-refractivity contribution in [1.29, 1.82) is 0 Å². The zero-order valence-electron chi connectivity index (χ0n) is 12.5. The summed E-state index contributed by atoms with van der Waals surface area (Å²) in [6.45, 7) is 0. The number of nitrogen functional groups attached to an aromatic ring is 1. The van der Waals surface area contributed by atoms with Crippen molar-refractivity contribution in [3.05, 3.63) is 41.3 Å². The van der Waals surface area contributed by atoms with Crippen LogP contribution in [0.1, 0.15) is 31.1 Å². The lowest BCUT2D eigenvalue weighted by Crippen LogP contribution is -2.12. The Morgan fingerprint density at radius 3 is 2.96 bits per heavy atom. The fourth-order valence-electron chi connectivity index (χ4n) is 2.49. The molecule has 1 aromatic heterocycles. The van der Waals surface area contributed by atoms with Gasteiger partial charge in [-0.25, -0.2) is 4.98 Å². The van der Waals surface area contributed by atoms with E-state index in [-0.39, 0.29) is 11.9 Å². The third kappa shape index (κ3) is 3.38. The Morgan fingerprint density at radius 2 is 2.13 bits per heavy atom. The van der Waals surface area contributed by atoms with Crippen LogP contribution < -0.4 is 16.8 Å². The van der Waals surface area contributed by atoms with Gasteiger partial charge in [-0.3, -0.25) is 4.79 Å². The van der Waals surface area contributed by atoms with Crippen LogP contribution in [0.4, 0.5) is 11.4 Å². The molecule has 1 atom stereocenters. The number of anilines is 2. The van der Waals surface area contributed by atoms with E-state index in [1.807, 2.05) is 12.2 Å². The largest absolute Gasteiger partial charge is 0.399 e. The van der Waals surface area contributed by atoms with Crippen molar-refractivity contribution in [1.82, 2.24) is 9.97 Å². The van der Waals surface area contributed by atoms with Crippen LogP contribution in [0.5, 0.6) is 0 Å². The van der Waals surface area contributed by atoms with Crippen LogP contribution in [-0.4, -0.2) is 15.9 Å². The highest BCUT2D eigenvalue weighted by molar-refractivity contribution is 6.32. The SMILES string of the molecule is Nc1ccc2c(c1)NC(=O)CC/C=C/C[C@H](N)c1nc-2c(Cl)[nH]1. The molecule has 0 saturated heterocycles. The van der Waals surface area contributed by atoms with Crippen LogP contribution >= 0.6 is 11.6 Å². The lowest BCUT2D eigenvalue weighted by Gasteiger charge is -2.11. The highest BCUT2D eigenvalue weighted by Gasteiger charge is 2.18. The average molecular weight is 332 g/mol. The maximum atomic E-state index is 12.1. The first-order chi connectivity index (χ1) is 11.0. The van der Waals surface area contributed by atoms with Gasteiger partial charge in [-0.1, -0.05) is 23.8 Å². The number of hydrogen-bond acceptors (Lipinski definition) is 4. The van der Waals surface area contributed by atoms with Crippen LogP contribution in [0.25, 0.3) is 11.3 Å². The molecule has 0 fully saturated rings. The second-order valence-corrected chi connectivity index (χ2v) is 5.87. The fourth-order valence-corrected chi connectivity index (χ4v) is 2.74. The van der Waals surface area contributed by atoms with Gasteiger partial charge in [0.1, 0.15) is 16.7 Å². The van der Waals surface area contributed by atoms with Crippen molar-refractivity contribution in [2.45, 2.75) is 25.3 Å². The van der Waals surface area contributed by atoms with E-state index in [0.717, 1.165) is 0 Å². The number of nitrogens with one attached hydrogen (secondary N) is 2. The van der Waals surface area contributed by atoms with Crippen molar-refractivity contribution in [2.75, 3.05) is 11.1 Å². The summed E-state index contributed by atoms with van der Waals surface area (Å²) in [7, 11) is 0. The zero-order valence-corrected chi connectivity index (χ0v) is 13.2. The van der Waals surface area contributed by atoms with Crippen LogP contribution in [0.15, 0.2) is 30.4 Å². The number of hydrogen-bond donors (Lipinski definition) is 4. The van der Waals surface area contributed by atoms with Gasteiger partial charge in [0, 0.05) is 17.7 Å². The number of carbonyl (C=O) groups excluding carboxylic acids is 1. The van der Waals surface area contributed by atoms with Crippen molar-refractivity contribution in [2.24, 2.45) is 5.73 Å². The summed E-state index contributed by atoms with van der Waals surface area (Å²) in [5.41, 5.74) is 14.4. The van der Waals surface area contributed by atoms with Crippen LogP contribution in [0, 0.1) is 0 Å².